The molecule has 1 atom stereocenters. The number of benzene rings is 2. The standard InChI is InChI=1S/C28H36N2O5/c1-7-34-26(31)14-15-30(5)28(32)20-8-10-21(11-9-20)29-24(16-18(2)3)27-19(4)23-17-22(33-6)12-13-25(23)35-27/h8-13,17-18,24,29H,7,14-16H2,1-6H3. The van der Waals surface area contributed by atoms with Crippen molar-refractivity contribution in [1.29, 1.82) is 0 Å². The van der Waals surface area contributed by atoms with E-state index in [1.807, 2.05) is 30.3 Å². The van der Waals surface area contributed by atoms with Crippen LogP contribution in [0.5, 0.6) is 5.75 Å². The minimum Gasteiger partial charge on any atom is -0.497 e. The molecule has 0 bridgehead atoms. The Bertz CT molecular complexity index is 1150. The molecule has 3 aromatic rings. The summed E-state index contributed by atoms with van der Waals surface area (Å²) in [5.74, 6) is 1.71. The van der Waals surface area contributed by atoms with Crippen molar-refractivity contribution in [3.63, 3.8) is 0 Å². The van der Waals surface area contributed by atoms with Crippen molar-refractivity contribution in [2.24, 2.45) is 5.92 Å². The van der Waals surface area contributed by atoms with Gasteiger partial charge in [-0.1, -0.05) is 13.8 Å². The zero-order chi connectivity index (χ0) is 25.5. The van der Waals surface area contributed by atoms with Crippen LogP contribution in [0.4, 0.5) is 5.69 Å². The highest BCUT2D eigenvalue weighted by Crippen LogP contribution is 2.36. The minimum absolute atomic E-state index is 0.0257. The largest absolute Gasteiger partial charge is 0.497 e. The number of esters is 1. The Morgan fingerprint density at radius 2 is 1.83 bits per heavy atom. The third kappa shape index (κ3) is 6.56. The lowest BCUT2D eigenvalue weighted by atomic mass is 9.98. The van der Waals surface area contributed by atoms with E-state index < -0.39 is 0 Å². The third-order valence-electron chi connectivity index (χ3n) is 5.98. The fraction of sp³-hybridized carbons (Fsp3) is 0.429. The molecule has 1 unspecified atom stereocenters. The van der Waals surface area contributed by atoms with Crippen LogP contribution >= 0.6 is 0 Å². The van der Waals surface area contributed by atoms with Gasteiger partial charge in [0.2, 0.25) is 0 Å². The normalized spacial score (nSPS) is 12.0. The molecule has 0 radical (unpaired) electrons. The third-order valence-corrected chi connectivity index (χ3v) is 5.98. The number of carbonyl (C=O) groups is 2. The van der Waals surface area contributed by atoms with Crippen molar-refractivity contribution in [3.05, 3.63) is 59.4 Å². The van der Waals surface area contributed by atoms with Gasteiger partial charge in [-0.15, -0.1) is 0 Å². The number of rotatable bonds is 11. The molecule has 0 aliphatic rings. The summed E-state index contributed by atoms with van der Waals surface area (Å²) in [5.41, 5.74) is 3.39. The number of carbonyl (C=O) groups excluding carboxylic acids is 2. The zero-order valence-electron chi connectivity index (χ0n) is 21.5. The van der Waals surface area contributed by atoms with Gasteiger partial charge in [0, 0.05) is 35.8 Å². The summed E-state index contributed by atoms with van der Waals surface area (Å²) in [6, 6.07) is 13.2. The molecule has 0 aliphatic heterocycles. The molecule has 1 N–H and O–H groups in total. The van der Waals surface area contributed by atoms with E-state index in [1.54, 1.807) is 33.2 Å². The highest BCUT2D eigenvalue weighted by molar-refractivity contribution is 5.94. The Balaban J connectivity index is 1.75. The fourth-order valence-electron chi connectivity index (χ4n) is 4.11. The van der Waals surface area contributed by atoms with Crippen molar-refractivity contribution in [1.82, 2.24) is 4.90 Å². The second-order valence-corrected chi connectivity index (χ2v) is 9.14. The number of ether oxygens (including phenoxy) is 2. The molecule has 2 aromatic carbocycles. The molecule has 0 saturated heterocycles. The van der Waals surface area contributed by atoms with Crippen LogP contribution in [0.25, 0.3) is 11.0 Å². The van der Waals surface area contributed by atoms with Gasteiger partial charge in [-0.2, -0.15) is 0 Å². The maximum absolute atomic E-state index is 12.7. The topological polar surface area (TPSA) is 81.0 Å². The molecule has 7 nitrogen and oxygen atoms in total. The summed E-state index contributed by atoms with van der Waals surface area (Å²) in [6.45, 7) is 8.85. The molecular weight excluding hydrogens is 444 g/mol. The van der Waals surface area contributed by atoms with E-state index >= 15 is 0 Å². The van der Waals surface area contributed by atoms with Gasteiger partial charge in [0.05, 0.1) is 26.2 Å². The van der Waals surface area contributed by atoms with Gasteiger partial charge < -0.3 is 24.1 Å². The van der Waals surface area contributed by atoms with E-state index in [1.165, 1.54) is 4.90 Å². The lowest BCUT2D eigenvalue weighted by molar-refractivity contribution is -0.143. The summed E-state index contributed by atoms with van der Waals surface area (Å²) in [7, 11) is 3.35. The quantitative estimate of drug-likeness (QED) is 0.340. The van der Waals surface area contributed by atoms with Gasteiger partial charge in [-0.3, -0.25) is 9.59 Å². The van der Waals surface area contributed by atoms with Crippen LogP contribution in [0.1, 0.15) is 61.3 Å². The van der Waals surface area contributed by atoms with E-state index in [0.717, 1.165) is 40.2 Å². The number of methoxy groups -OCH3 is 1. The Morgan fingerprint density at radius 3 is 2.46 bits per heavy atom. The number of hydrogen-bond acceptors (Lipinski definition) is 6. The lowest BCUT2D eigenvalue weighted by Gasteiger charge is -2.21. The highest BCUT2D eigenvalue weighted by Gasteiger charge is 2.22. The van der Waals surface area contributed by atoms with Gasteiger partial charge in [-0.05, 0) is 68.7 Å². The van der Waals surface area contributed by atoms with E-state index in [2.05, 4.69) is 26.1 Å². The molecule has 1 amide bonds. The Kier molecular flexibility index (Phi) is 8.79. The minimum atomic E-state index is -0.304. The fourth-order valence-corrected chi connectivity index (χ4v) is 4.11. The Hall–Kier alpha value is -3.48. The second kappa shape index (κ2) is 11.8. The number of nitrogens with one attached hydrogen (secondary N) is 1. The first-order valence-corrected chi connectivity index (χ1v) is 12.1. The predicted molar refractivity (Wildman–Crippen MR) is 138 cm³/mol. The number of anilines is 1. The Morgan fingerprint density at radius 1 is 1.11 bits per heavy atom. The summed E-state index contributed by atoms with van der Waals surface area (Å²) < 4.78 is 16.6. The van der Waals surface area contributed by atoms with Gasteiger partial charge in [0.15, 0.2) is 0 Å². The first kappa shape index (κ1) is 26.1. The van der Waals surface area contributed by atoms with Crippen LogP contribution in [0, 0.1) is 12.8 Å². The Labute approximate surface area is 207 Å². The van der Waals surface area contributed by atoms with Crippen molar-refractivity contribution >= 4 is 28.5 Å². The van der Waals surface area contributed by atoms with Crippen molar-refractivity contribution in [3.8, 4) is 5.75 Å². The van der Waals surface area contributed by atoms with Gasteiger partial charge in [0.1, 0.15) is 17.1 Å². The number of fused-ring (bicyclic) bond motifs is 1. The maximum atomic E-state index is 12.7. The molecule has 7 heteroatoms. The van der Waals surface area contributed by atoms with E-state index in [9.17, 15) is 9.59 Å². The molecule has 0 saturated carbocycles. The first-order valence-electron chi connectivity index (χ1n) is 12.1. The smallest absolute Gasteiger partial charge is 0.307 e. The van der Waals surface area contributed by atoms with Gasteiger partial charge in [0.25, 0.3) is 5.91 Å². The molecule has 35 heavy (non-hydrogen) atoms. The molecule has 1 heterocycles. The molecule has 3 rings (SSSR count). The summed E-state index contributed by atoms with van der Waals surface area (Å²) >= 11 is 0. The molecule has 0 spiro atoms. The van der Waals surface area contributed by atoms with Crippen molar-refractivity contribution in [2.75, 3.05) is 32.6 Å². The summed E-state index contributed by atoms with van der Waals surface area (Å²) in [6.07, 6.45) is 1.06. The number of aryl methyl sites for hydroxylation is 1. The monoisotopic (exact) mass is 480 g/mol. The van der Waals surface area contributed by atoms with Crippen molar-refractivity contribution in [2.45, 2.75) is 46.6 Å². The van der Waals surface area contributed by atoms with Crippen LogP contribution in [0.2, 0.25) is 0 Å². The SMILES string of the molecule is CCOC(=O)CCN(C)C(=O)c1ccc(NC(CC(C)C)c2oc3ccc(OC)cc3c2C)cc1. The number of amides is 1. The summed E-state index contributed by atoms with van der Waals surface area (Å²) in [4.78, 5) is 25.9. The number of nitrogens with zero attached hydrogens (tertiary/aromatic N) is 1. The number of furan rings is 1. The van der Waals surface area contributed by atoms with Crippen LogP contribution in [-0.4, -0.2) is 44.1 Å². The summed E-state index contributed by atoms with van der Waals surface area (Å²) in [5, 5.41) is 4.64. The average molecular weight is 481 g/mol. The van der Waals surface area contributed by atoms with Crippen LogP contribution in [0.3, 0.4) is 0 Å². The van der Waals surface area contributed by atoms with Gasteiger partial charge in [-0.25, -0.2) is 0 Å². The van der Waals surface area contributed by atoms with E-state index in [-0.39, 0.29) is 24.3 Å². The maximum Gasteiger partial charge on any atom is 0.307 e. The zero-order valence-corrected chi connectivity index (χ0v) is 21.5. The van der Waals surface area contributed by atoms with Crippen LogP contribution in [0.15, 0.2) is 46.9 Å². The lowest BCUT2D eigenvalue weighted by Crippen LogP contribution is -2.29. The van der Waals surface area contributed by atoms with E-state index in [0.29, 0.717) is 24.6 Å². The molecule has 1 aromatic heterocycles. The molecule has 0 fully saturated rings. The number of hydrogen-bond donors (Lipinski definition) is 1. The van der Waals surface area contributed by atoms with Crippen LogP contribution in [-0.2, 0) is 9.53 Å². The highest BCUT2D eigenvalue weighted by atomic mass is 16.5. The molecular formula is C28H36N2O5. The molecule has 0 aliphatic carbocycles. The average Bonchev–Trinajstić information content (AvgIpc) is 3.17. The van der Waals surface area contributed by atoms with Crippen molar-refractivity contribution < 1.29 is 23.5 Å². The van der Waals surface area contributed by atoms with E-state index in [4.69, 9.17) is 13.9 Å². The first-order chi connectivity index (χ1) is 16.7. The van der Waals surface area contributed by atoms with Gasteiger partial charge >= 0.3 is 5.97 Å². The van der Waals surface area contributed by atoms with Crippen LogP contribution < -0.4 is 10.1 Å². The molecule has 188 valence electrons. The second-order valence-electron chi connectivity index (χ2n) is 9.14. The predicted octanol–water partition coefficient (Wildman–Crippen LogP) is 5.97.